The van der Waals surface area contributed by atoms with Crippen molar-refractivity contribution in [2.24, 2.45) is 5.92 Å². The Morgan fingerprint density at radius 2 is 2.04 bits per heavy atom. The molecule has 2 N–H and O–H groups in total. The molecule has 264 valence electrons. The first-order chi connectivity index (χ1) is 24.6. The number of nitrogens with two attached hydrogens (primary N) is 1. The minimum absolute atomic E-state index is 0.0233. The number of likely N-dealkylation sites (tertiary alicyclic amines) is 1. The number of halogens is 3. The molecule has 5 aromatic rings. The fraction of sp³-hybridized carbons (Fsp3) is 0.429. The number of nitrogens with zero attached hydrogens (tertiary/aromatic N) is 9. The summed E-state index contributed by atoms with van der Waals surface area (Å²) in [6, 6.07) is 5.82. The number of carbonyl (C=O) groups is 1. The molecule has 0 aliphatic carbocycles. The average molecular weight is 733 g/mol. The van der Waals surface area contributed by atoms with Gasteiger partial charge in [0.25, 0.3) is 0 Å². The third-order valence-electron chi connectivity index (χ3n) is 10.8. The van der Waals surface area contributed by atoms with Crippen molar-refractivity contribution in [3.63, 3.8) is 0 Å². The van der Waals surface area contributed by atoms with E-state index in [2.05, 4.69) is 26.9 Å². The molecule has 3 saturated heterocycles. The van der Waals surface area contributed by atoms with Gasteiger partial charge in [-0.2, -0.15) is 25.0 Å². The van der Waals surface area contributed by atoms with Gasteiger partial charge in [0.2, 0.25) is 0 Å². The van der Waals surface area contributed by atoms with Gasteiger partial charge in [0, 0.05) is 36.0 Å². The normalized spacial score (nSPS) is 19.7. The fourth-order valence-electron chi connectivity index (χ4n) is 8.15. The number of likely N-dealkylation sites (N-methyl/N-ethyl adjacent to an activating group) is 1. The summed E-state index contributed by atoms with van der Waals surface area (Å²) in [7, 11) is 0. The molecule has 8 rings (SSSR count). The minimum Gasteiger partial charge on any atom is -0.461 e. The van der Waals surface area contributed by atoms with Crippen LogP contribution in [0, 0.1) is 28.9 Å². The van der Waals surface area contributed by atoms with Crippen molar-refractivity contribution in [1.82, 2.24) is 34.5 Å². The Morgan fingerprint density at radius 1 is 1.25 bits per heavy atom. The summed E-state index contributed by atoms with van der Waals surface area (Å²) in [5.41, 5.74) is 6.22. The summed E-state index contributed by atoms with van der Waals surface area (Å²) in [6.07, 6.45) is 6.86. The highest BCUT2D eigenvalue weighted by Crippen LogP contribution is 2.46. The summed E-state index contributed by atoms with van der Waals surface area (Å²) < 4.78 is 39.9. The van der Waals surface area contributed by atoms with E-state index in [9.17, 15) is 14.4 Å². The maximum Gasteiger partial charge on any atom is 0.346 e. The summed E-state index contributed by atoms with van der Waals surface area (Å²) in [5.74, 6) is -0.751. The Labute approximate surface area is 301 Å². The van der Waals surface area contributed by atoms with Gasteiger partial charge in [-0.05, 0) is 69.3 Å². The van der Waals surface area contributed by atoms with Gasteiger partial charge in [-0.1, -0.05) is 24.6 Å². The molecule has 2 unspecified atom stereocenters. The first kappa shape index (κ1) is 33.5. The molecule has 3 aliphatic rings. The van der Waals surface area contributed by atoms with Crippen LogP contribution in [-0.4, -0.2) is 91.5 Å². The second-order valence-electron chi connectivity index (χ2n) is 13.6. The summed E-state index contributed by atoms with van der Waals surface area (Å²) in [5, 5.41) is 14.6. The molecule has 0 saturated carbocycles. The Morgan fingerprint density at radius 3 is 2.73 bits per heavy atom. The van der Waals surface area contributed by atoms with Crippen LogP contribution >= 0.6 is 22.9 Å². The van der Waals surface area contributed by atoms with Crippen LogP contribution in [-0.2, 0) is 0 Å². The summed E-state index contributed by atoms with van der Waals surface area (Å²) in [4.78, 5) is 32.9. The van der Waals surface area contributed by atoms with Crippen LogP contribution in [0.5, 0.6) is 6.01 Å². The number of fused-ring (bicyclic) bond motifs is 3. The largest absolute Gasteiger partial charge is 0.461 e. The van der Waals surface area contributed by atoms with E-state index in [1.807, 2.05) is 17.9 Å². The van der Waals surface area contributed by atoms with Crippen LogP contribution in [0.1, 0.15) is 45.1 Å². The van der Waals surface area contributed by atoms with Gasteiger partial charge in [0.1, 0.15) is 47.5 Å². The number of benzene rings is 2. The van der Waals surface area contributed by atoms with Gasteiger partial charge >= 0.3 is 12.0 Å². The maximum absolute atomic E-state index is 17.2. The molecule has 1 amide bonds. The van der Waals surface area contributed by atoms with Gasteiger partial charge in [-0.15, -0.1) is 11.3 Å². The minimum atomic E-state index is -0.759. The molecule has 0 spiro atoms. The van der Waals surface area contributed by atoms with Crippen molar-refractivity contribution < 1.29 is 18.3 Å². The maximum atomic E-state index is 17.2. The highest BCUT2D eigenvalue weighted by atomic mass is 35.5. The standard InChI is InChI=1S/C35H35ClF2N10O2S/c1-3-45(15-25-19(2)14-47(25)34(49)48-18-41-17-42-48)32-21-12-23(36)27(20-6-7-24(37)30-26(20)22(13-39)31(40)51-30)28(38)29(21)43-33(44-32)50-16-35-8-4-10-46(35)11-5-9-35/h6-7,12,17-19,25H,3-5,8-11,14-16,40H2,1-2H3. The molecule has 0 radical (unpaired) electrons. The first-order valence-corrected chi connectivity index (χ1v) is 18.2. The van der Waals surface area contributed by atoms with Crippen LogP contribution in [0.25, 0.3) is 32.1 Å². The molecule has 3 fully saturated rings. The predicted molar refractivity (Wildman–Crippen MR) is 191 cm³/mol. The molecule has 12 nitrogen and oxygen atoms in total. The number of ether oxygens (including phenoxy) is 1. The lowest BCUT2D eigenvalue weighted by Gasteiger charge is -2.48. The fourth-order valence-corrected chi connectivity index (χ4v) is 9.39. The topological polar surface area (TPSA) is 142 Å². The van der Waals surface area contributed by atoms with Gasteiger partial charge in [-0.3, -0.25) is 4.90 Å². The van der Waals surface area contributed by atoms with E-state index < -0.39 is 11.6 Å². The number of aromatic nitrogens is 5. The van der Waals surface area contributed by atoms with E-state index >= 15 is 4.39 Å². The zero-order valence-corrected chi connectivity index (χ0v) is 29.6. The van der Waals surface area contributed by atoms with Crippen LogP contribution in [0.4, 0.5) is 24.4 Å². The van der Waals surface area contributed by atoms with Crippen LogP contribution < -0.4 is 15.4 Å². The Hall–Kier alpha value is -4.65. The van der Waals surface area contributed by atoms with Gasteiger partial charge in [-0.25, -0.2) is 18.6 Å². The molecule has 3 aliphatic heterocycles. The van der Waals surface area contributed by atoms with E-state index in [0.717, 1.165) is 50.1 Å². The van der Waals surface area contributed by atoms with Crippen LogP contribution in [0.2, 0.25) is 5.02 Å². The second kappa shape index (κ2) is 12.8. The van der Waals surface area contributed by atoms with Gasteiger partial charge < -0.3 is 20.3 Å². The van der Waals surface area contributed by atoms with E-state index in [1.54, 1.807) is 11.0 Å². The van der Waals surface area contributed by atoms with Crippen LogP contribution in [0.15, 0.2) is 30.9 Å². The lowest BCUT2D eigenvalue weighted by atomic mass is 9.90. The number of nitrogen functional groups attached to an aromatic ring is 1. The molecule has 16 heteroatoms. The lowest BCUT2D eigenvalue weighted by Crippen LogP contribution is -2.62. The van der Waals surface area contributed by atoms with Crippen molar-refractivity contribution in [1.29, 1.82) is 5.26 Å². The third-order valence-corrected chi connectivity index (χ3v) is 12.1. The SMILES string of the molecule is CCN(CC1C(C)CN1C(=O)n1cncn1)c1nc(OCC23CCCN2CCC3)nc2c(F)c(-c3ccc(F)c4sc(N)c(C#N)c34)c(Cl)cc12. The monoisotopic (exact) mass is 732 g/mol. The molecule has 2 atom stereocenters. The Bertz CT molecular complexity index is 2210. The number of anilines is 2. The van der Waals surface area contributed by atoms with Crippen molar-refractivity contribution in [3.8, 4) is 23.2 Å². The molecular formula is C35H35ClF2N10O2S. The Balaban J connectivity index is 1.25. The van der Waals surface area contributed by atoms with E-state index in [-0.39, 0.29) is 71.9 Å². The quantitative estimate of drug-likeness (QED) is 0.193. The number of rotatable bonds is 8. The number of hydrogen-bond acceptors (Lipinski definition) is 11. The zero-order valence-electron chi connectivity index (χ0n) is 28.1. The van der Waals surface area contributed by atoms with Gasteiger partial charge in [0.05, 0.1) is 26.9 Å². The number of nitriles is 1. The summed E-state index contributed by atoms with van der Waals surface area (Å²) in [6.45, 7) is 7.83. The predicted octanol–water partition coefficient (Wildman–Crippen LogP) is 6.31. The highest BCUT2D eigenvalue weighted by molar-refractivity contribution is 7.23. The smallest absolute Gasteiger partial charge is 0.346 e. The van der Waals surface area contributed by atoms with E-state index in [0.29, 0.717) is 37.4 Å². The number of thiophene rings is 1. The van der Waals surface area contributed by atoms with Crippen molar-refractivity contribution >= 4 is 60.8 Å². The van der Waals surface area contributed by atoms with Crippen LogP contribution in [0.3, 0.4) is 0 Å². The molecule has 51 heavy (non-hydrogen) atoms. The highest BCUT2D eigenvalue weighted by Gasteiger charge is 2.45. The van der Waals surface area contributed by atoms with Crippen molar-refractivity contribution in [2.45, 2.75) is 51.1 Å². The summed E-state index contributed by atoms with van der Waals surface area (Å²) >= 11 is 7.85. The van der Waals surface area contributed by atoms with E-state index in [4.69, 9.17) is 27.1 Å². The molecule has 6 heterocycles. The number of carbonyl (C=O) groups excluding carboxylic acids is 1. The molecule has 0 bridgehead atoms. The van der Waals surface area contributed by atoms with Crippen molar-refractivity contribution in [3.05, 3.63) is 53.1 Å². The second-order valence-corrected chi connectivity index (χ2v) is 15.1. The van der Waals surface area contributed by atoms with E-state index in [1.165, 1.54) is 29.5 Å². The molecule has 2 aromatic carbocycles. The first-order valence-electron chi connectivity index (χ1n) is 17.0. The Kier molecular flexibility index (Phi) is 8.43. The third kappa shape index (κ3) is 5.42. The molecule has 3 aromatic heterocycles. The average Bonchev–Trinajstić information content (AvgIpc) is 3.92. The zero-order chi connectivity index (χ0) is 35.6. The molecular weight excluding hydrogens is 698 g/mol. The number of amides is 1. The van der Waals surface area contributed by atoms with Crippen molar-refractivity contribution in [2.75, 3.05) is 50.0 Å². The lowest BCUT2D eigenvalue weighted by molar-refractivity contribution is 0.0630. The number of hydrogen-bond donors (Lipinski definition) is 1. The van der Waals surface area contributed by atoms with Gasteiger partial charge in [0.15, 0.2) is 5.82 Å².